The van der Waals surface area contributed by atoms with Crippen LogP contribution in [0.3, 0.4) is 0 Å². The van der Waals surface area contributed by atoms with Gasteiger partial charge in [-0.05, 0) is 30.7 Å². The summed E-state index contributed by atoms with van der Waals surface area (Å²) in [6, 6.07) is 5.59. The number of rotatable bonds is 5. The first kappa shape index (κ1) is 22.6. The molecular weight excluding hydrogens is 458 g/mol. The summed E-state index contributed by atoms with van der Waals surface area (Å²) in [4.78, 5) is 24.9. The first-order chi connectivity index (χ1) is 15.1. The minimum Gasteiger partial charge on any atom is -0.274 e. The van der Waals surface area contributed by atoms with Gasteiger partial charge in [-0.15, -0.1) is 0 Å². The number of aromatic nitrogens is 2. The van der Waals surface area contributed by atoms with Crippen molar-refractivity contribution < 1.29 is 26.4 Å². The number of carbonyl (C=O) groups excluding carboxylic acids is 2. The molecule has 2 saturated heterocycles. The molecule has 0 spiro atoms. The fourth-order valence-electron chi connectivity index (χ4n) is 3.81. The molecule has 0 bridgehead atoms. The fraction of sp³-hybridized carbons (Fsp3) is 0.421. The first-order valence-corrected chi connectivity index (χ1v) is 12.9. The number of anilines is 1. The van der Waals surface area contributed by atoms with Crippen molar-refractivity contribution in [3.8, 4) is 0 Å². The number of nitrogens with zero attached hydrogens (tertiary/aromatic N) is 5. The maximum atomic E-state index is 13.1. The number of hydrogen-bond acceptors (Lipinski definition) is 7. The monoisotopic (exact) mass is 481 g/mol. The Balaban J connectivity index is 1.50. The molecule has 0 N–H and O–H groups in total. The van der Waals surface area contributed by atoms with Gasteiger partial charge in [-0.2, -0.15) is 13.7 Å². The van der Waals surface area contributed by atoms with Crippen LogP contribution in [0.1, 0.15) is 19.3 Å². The molecule has 0 aliphatic carbocycles. The summed E-state index contributed by atoms with van der Waals surface area (Å²) in [5.74, 6) is -0.624. The van der Waals surface area contributed by atoms with Gasteiger partial charge in [0.15, 0.2) is 0 Å². The van der Waals surface area contributed by atoms with Gasteiger partial charge < -0.3 is 0 Å². The molecule has 172 valence electrons. The molecule has 2 aromatic rings. The van der Waals surface area contributed by atoms with E-state index in [1.54, 1.807) is 7.05 Å². The Hall–Kier alpha value is -2.61. The Labute approximate surface area is 186 Å². The molecule has 11 nitrogen and oxygen atoms in total. The molecule has 13 heteroatoms. The van der Waals surface area contributed by atoms with Crippen LogP contribution in [-0.4, -0.2) is 73.2 Å². The largest absolute Gasteiger partial charge is 0.274 e. The van der Waals surface area contributed by atoms with Gasteiger partial charge in [0.1, 0.15) is 4.90 Å². The van der Waals surface area contributed by atoms with Crippen molar-refractivity contribution in [1.82, 2.24) is 18.4 Å². The summed E-state index contributed by atoms with van der Waals surface area (Å²) in [6.45, 7) is 0.394. The zero-order chi connectivity index (χ0) is 23.1. The van der Waals surface area contributed by atoms with Gasteiger partial charge in [-0.1, -0.05) is 0 Å². The summed E-state index contributed by atoms with van der Waals surface area (Å²) in [5.41, 5.74) is 0.334. The Morgan fingerprint density at radius 2 is 1.31 bits per heavy atom. The normalized spacial score (nSPS) is 19.5. The Bertz CT molecular complexity index is 1240. The standard InChI is InChI=1S/C19H23N5O6S2/c1-21-14-17(13-20-21)32(29,30)23-10-2-9-22(11-12-23)31(27,28)16-5-3-15(4-6-16)24-18(25)7-8-19(24)26/h3-6,13-14H,2,7-12H2,1H3. The highest BCUT2D eigenvalue weighted by atomic mass is 32.2. The van der Waals surface area contributed by atoms with Gasteiger partial charge in [0, 0.05) is 52.3 Å². The van der Waals surface area contributed by atoms with E-state index in [1.807, 2.05) is 0 Å². The topological polar surface area (TPSA) is 130 Å². The molecule has 2 fully saturated rings. The third-order valence-electron chi connectivity index (χ3n) is 5.52. The molecule has 0 radical (unpaired) electrons. The molecule has 4 rings (SSSR count). The van der Waals surface area contributed by atoms with E-state index in [-0.39, 0.29) is 60.6 Å². The van der Waals surface area contributed by atoms with Crippen molar-refractivity contribution in [2.24, 2.45) is 7.05 Å². The molecule has 3 heterocycles. The third-order valence-corrected chi connectivity index (χ3v) is 9.28. The predicted molar refractivity (Wildman–Crippen MR) is 114 cm³/mol. The van der Waals surface area contributed by atoms with Crippen molar-refractivity contribution >= 4 is 37.5 Å². The van der Waals surface area contributed by atoms with Crippen molar-refractivity contribution in [3.63, 3.8) is 0 Å². The number of sulfonamides is 2. The second-order valence-corrected chi connectivity index (χ2v) is 11.5. The predicted octanol–water partition coefficient (Wildman–Crippen LogP) is 0.159. The summed E-state index contributed by atoms with van der Waals surface area (Å²) >= 11 is 0. The van der Waals surface area contributed by atoms with Crippen LogP contribution < -0.4 is 4.90 Å². The molecule has 0 unspecified atom stereocenters. The molecule has 2 amide bonds. The lowest BCUT2D eigenvalue weighted by atomic mass is 10.3. The van der Waals surface area contributed by atoms with Crippen molar-refractivity contribution in [1.29, 1.82) is 0 Å². The number of carbonyl (C=O) groups is 2. The van der Waals surface area contributed by atoms with Gasteiger partial charge >= 0.3 is 0 Å². The van der Waals surface area contributed by atoms with Crippen LogP contribution in [0.25, 0.3) is 0 Å². The van der Waals surface area contributed by atoms with Crippen molar-refractivity contribution in [2.75, 3.05) is 31.1 Å². The average Bonchev–Trinajstić information content (AvgIpc) is 3.23. The van der Waals surface area contributed by atoms with E-state index in [0.29, 0.717) is 12.1 Å². The Morgan fingerprint density at radius 1 is 0.781 bits per heavy atom. The second kappa shape index (κ2) is 8.39. The van der Waals surface area contributed by atoms with Gasteiger partial charge in [0.05, 0.1) is 16.8 Å². The highest BCUT2D eigenvalue weighted by molar-refractivity contribution is 7.89. The lowest BCUT2D eigenvalue weighted by molar-refractivity contribution is -0.121. The van der Waals surface area contributed by atoms with Gasteiger partial charge in [0.25, 0.3) is 0 Å². The second-order valence-electron chi connectivity index (χ2n) is 7.63. The van der Waals surface area contributed by atoms with Gasteiger partial charge in [-0.25, -0.2) is 16.8 Å². The summed E-state index contributed by atoms with van der Waals surface area (Å²) < 4.78 is 55.9. The van der Waals surface area contributed by atoms with E-state index in [2.05, 4.69) is 5.10 Å². The number of benzene rings is 1. The van der Waals surface area contributed by atoms with E-state index in [9.17, 15) is 26.4 Å². The SMILES string of the molecule is Cn1cc(S(=O)(=O)N2CCCN(S(=O)(=O)c3ccc(N4C(=O)CCC4=O)cc3)CC2)cn1. The third kappa shape index (κ3) is 4.08. The minimum absolute atomic E-state index is 0.00662. The fourth-order valence-corrected chi connectivity index (χ4v) is 6.74. The van der Waals surface area contributed by atoms with E-state index in [1.165, 1.54) is 50.0 Å². The Kier molecular flexibility index (Phi) is 5.92. The van der Waals surface area contributed by atoms with Crippen LogP contribution in [0.2, 0.25) is 0 Å². The van der Waals surface area contributed by atoms with E-state index < -0.39 is 20.0 Å². The molecule has 0 saturated carbocycles. The van der Waals surface area contributed by atoms with Crippen molar-refractivity contribution in [3.05, 3.63) is 36.7 Å². The van der Waals surface area contributed by atoms with Crippen LogP contribution in [-0.2, 0) is 36.7 Å². The molecule has 2 aliphatic rings. The summed E-state index contributed by atoms with van der Waals surface area (Å²) in [6.07, 6.45) is 3.31. The minimum atomic E-state index is -3.88. The summed E-state index contributed by atoms with van der Waals surface area (Å²) in [7, 11) is -6.02. The lowest BCUT2D eigenvalue weighted by Gasteiger charge is -2.21. The van der Waals surface area contributed by atoms with E-state index in [4.69, 9.17) is 0 Å². The maximum Gasteiger partial charge on any atom is 0.246 e. The molecule has 32 heavy (non-hydrogen) atoms. The van der Waals surface area contributed by atoms with E-state index >= 15 is 0 Å². The van der Waals surface area contributed by atoms with Crippen LogP contribution in [0, 0.1) is 0 Å². The highest BCUT2D eigenvalue weighted by Crippen LogP contribution is 2.26. The number of aryl methyl sites for hydroxylation is 1. The molecule has 0 atom stereocenters. The van der Waals surface area contributed by atoms with Crippen LogP contribution in [0.5, 0.6) is 0 Å². The summed E-state index contributed by atoms with van der Waals surface area (Å²) in [5, 5.41) is 3.90. The van der Waals surface area contributed by atoms with Crippen LogP contribution in [0.4, 0.5) is 5.69 Å². The molecule has 2 aliphatic heterocycles. The van der Waals surface area contributed by atoms with Gasteiger partial charge in [-0.3, -0.25) is 19.2 Å². The van der Waals surface area contributed by atoms with Crippen molar-refractivity contribution in [2.45, 2.75) is 29.1 Å². The molecular formula is C19H23N5O6S2. The van der Waals surface area contributed by atoms with E-state index in [0.717, 1.165) is 4.90 Å². The smallest absolute Gasteiger partial charge is 0.246 e. The Morgan fingerprint density at radius 3 is 1.81 bits per heavy atom. The van der Waals surface area contributed by atoms with Crippen LogP contribution in [0.15, 0.2) is 46.5 Å². The molecule has 1 aromatic heterocycles. The average molecular weight is 482 g/mol. The number of amides is 2. The first-order valence-electron chi connectivity index (χ1n) is 10.1. The zero-order valence-electron chi connectivity index (χ0n) is 17.4. The van der Waals surface area contributed by atoms with Crippen LogP contribution >= 0.6 is 0 Å². The zero-order valence-corrected chi connectivity index (χ0v) is 19.0. The molecule has 1 aromatic carbocycles. The van der Waals surface area contributed by atoms with Gasteiger partial charge in [0.2, 0.25) is 31.9 Å². The number of hydrogen-bond donors (Lipinski definition) is 0. The maximum absolute atomic E-state index is 13.1. The highest BCUT2D eigenvalue weighted by Gasteiger charge is 2.33. The quantitative estimate of drug-likeness (QED) is 0.556. The lowest BCUT2D eigenvalue weighted by Crippen LogP contribution is -2.37. The number of imide groups is 1.